The molecule has 0 saturated heterocycles. The lowest BCUT2D eigenvalue weighted by Crippen LogP contribution is -2.07. The van der Waals surface area contributed by atoms with E-state index < -0.39 is 0 Å². The van der Waals surface area contributed by atoms with Gasteiger partial charge >= 0.3 is 0 Å². The number of hydrogen-bond donors (Lipinski definition) is 1. The molecule has 0 aliphatic carbocycles. The molecule has 172 valence electrons. The first-order chi connectivity index (χ1) is 16.4. The van der Waals surface area contributed by atoms with Crippen LogP contribution in [0.4, 0.5) is 5.69 Å². The molecule has 1 N–H and O–H groups in total. The number of fused-ring (bicyclic) bond motifs is 1. The van der Waals surface area contributed by atoms with Gasteiger partial charge in [-0.1, -0.05) is 41.9 Å². The first-order valence-corrected chi connectivity index (χ1v) is 11.0. The molecular formula is C26H21Cl2N3O3. The van der Waals surface area contributed by atoms with Crippen molar-refractivity contribution in [3.05, 3.63) is 76.9 Å². The van der Waals surface area contributed by atoms with Crippen molar-refractivity contribution in [2.45, 2.75) is 6.92 Å². The largest absolute Gasteiger partial charge is 0.495 e. The molecule has 0 unspecified atom stereocenters. The fourth-order valence-corrected chi connectivity index (χ4v) is 4.31. The second kappa shape index (κ2) is 9.71. The Morgan fingerprint density at radius 2 is 1.74 bits per heavy atom. The molecule has 34 heavy (non-hydrogen) atoms. The van der Waals surface area contributed by atoms with E-state index in [1.807, 2.05) is 43.3 Å². The number of aromatic nitrogens is 2. The number of carbonyl (C=O) groups excluding carboxylic acids is 1. The number of nitrogens with zero attached hydrogens (tertiary/aromatic N) is 2. The van der Waals surface area contributed by atoms with Crippen molar-refractivity contribution in [3.63, 3.8) is 0 Å². The number of nitrogens with one attached hydrogen (secondary N) is 1. The number of aryl methyl sites for hydroxylation is 1. The fraction of sp³-hybridized carbons (Fsp3) is 0.115. The zero-order valence-corrected chi connectivity index (χ0v) is 20.3. The molecule has 0 spiro atoms. The predicted octanol–water partition coefficient (Wildman–Crippen LogP) is 6.72. The number of methoxy groups -OCH3 is 2. The summed E-state index contributed by atoms with van der Waals surface area (Å²) in [4.78, 5) is 21.0. The van der Waals surface area contributed by atoms with Gasteiger partial charge in [0.25, 0.3) is 0 Å². The van der Waals surface area contributed by atoms with E-state index in [1.54, 1.807) is 12.3 Å². The first-order valence-electron chi connectivity index (χ1n) is 10.3. The third-order valence-electron chi connectivity index (χ3n) is 5.37. The average molecular weight is 494 g/mol. The molecule has 0 radical (unpaired) electrons. The van der Waals surface area contributed by atoms with Crippen LogP contribution in [0.3, 0.4) is 0 Å². The van der Waals surface area contributed by atoms with Crippen LogP contribution in [0.1, 0.15) is 5.56 Å². The zero-order valence-electron chi connectivity index (χ0n) is 18.8. The number of rotatable bonds is 6. The molecule has 0 aliphatic heterocycles. The summed E-state index contributed by atoms with van der Waals surface area (Å²) in [5.74, 6) is 1.19. The molecule has 0 bridgehead atoms. The van der Waals surface area contributed by atoms with E-state index in [-0.39, 0.29) is 5.91 Å². The number of anilines is 1. The summed E-state index contributed by atoms with van der Waals surface area (Å²) in [6.45, 7) is 5.44. The van der Waals surface area contributed by atoms with Crippen LogP contribution in [0, 0.1) is 6.92 Å². The number of benzene rings is 3. The van der Waals surface area contributed by atoms with Crippen molar-refractivity contribution in [3.8, 4) is 34.0 Å². The number of amides is 1. The smallest absolute Gasteiger partial charge is 0.247 e. The summed E-state index contributed by atoms with van der Waals surface area (Å²) < 4.78 is 10.8. The maximum atomic E-state index is 11.7. The Kier molecular flexibility index (Phi) is 6.72. The highest BCUT2D eigenvalue weighted by Crippen LogP contribution is 2.46. The van der Waals surface area contributed by atoms with Gasteiger partial charge in [-0.05, 0) is 48.4 Å². The van der Waals surface area contributed by atoms with E-state index in [9.17, 15) is 4.79 Å². The van der Waals surface area contributed by atoms with Gasteiger partial charge in [0.2, 0.25) is 5.91 Å². The van der Waals surface area contributed by atoms with E-state index >= 15 is 0 Å². The van der Waals surface area contributed by atoms with Gasteiger partial charge in [0.05, 0.1) is 29.8 Å². The van der Waals surface area contributed by atoms with E-state index in [4.69, 9.17) is 37.7 Å². The van der Waals surface area contributed by atoms with Crippen LogP contribution in [0.15, 0.2) is 61.3 Å². The molecule has 0 aliphatic rings. The third kappa shape index (κ3) is 4.42. The summed E-state index contributed by atoms with van der Waals surface area (Å²) in [6.07, 6.45) is 2.97. The first kappa shape index (κ1) is 23.5. The van der Waals surface area contributed by atoms with Crippen molar-refractivity contribution in [1.82, 2.24) is 9.97 Å². The Morgan fingerprint density at radius 3 is 2.38 bits per heavy atom. The molecular weight excluding hydrogens is 473 g/mol. The second-order valence-electron chi connectivity index (χ2n) is 7.47. The average Bonchev–Trinajstić information content (AvgIpc) is 2.85. The van der Waals surface area contributed by atoms with Crippen LogP contribution in [0.5, 0.6) is 11.5 Å². The molecule has 1 amide bonds. The molecule has 8 heteroatoms. The van der Waals surface area contributed by atoms with Crippen LogP contribution in [-0.4, -0.2) is 30.1 Å². The van der Waals surface area contributed by atoms with Crippen LogP contribution < -0.4 is 14.8 Å². The van der Waals surface area contributed by atoms with Crippen molar-refractivity contribution in [2.75, 3.05) is 19.5 Å². The fourth-order valence-electron chi connectivity index (χ4n) is 3.59. The van der Waals surface area contributed by atoms with Gasteiger partial charge in [-0.2, -0.15) is 0 Å². The standard InChI is InChI=1S/C26H21Cl2N3O3/c1-5-22(32)30-17-8-6-14(2)18(11-17)26-29-13-16-10-15(7-9-19(16)31-26)23-24(27)20(33-3)12-21(34-4)25(23)28/h5-13H,1H2,2-4H3,(H,30,32). The zero-order chi connectivity index (χ0) is 24.4. The molecule has 4 rings (SSSR count). The Morgan fingerprint density at radius 1 is 1.03 bits per heavy atom. The van der Waals surface area contributed by atoms with Gasteiger partial charge in [-0.25, -0.2) is 9.97 Å². The number of hydrogen-bond acceptors (Lipinski definition) is 5. The summed E-state index contributed by atoms with van der Waals surface area (Å²) in [5.41, 5.74) is 4.57. The van der Waals surface area contributed by atoms with Crippen LogP contribution in [-0.2, 0) is 4.79 Å². The monoisotopic (exact) mass is 493 g/mol. The summed E-state index contributed by atoms with van der Waals surface area (Å²) in [7, 11) is 3.07. The quantitative estimate of drug-likeness (QED) is 0.301. The molecule has 1 heterocycles. The summed E-state index contributed by atoms with van der Waals surface area (Å²) in [6, 6.07) is 12.9. The van der Waals surface area contributed by atoms with Crippen LogP contribution in [0.2, 0.25) is 10.0 Å². The Bertz CT molecular complexity index is 1410. The highest BCUT2D eigenvalue weighted by Gasteiger charge is 2.19. The lowest BCUT2D eigenvalue weighted by atomic mass is 10.0. The lowest BCUT2D eigenvalue weighted by molar-refractivity contribution is -0.111. The van der Waals surface area contributed by atoms with Gasteiger partial charge in [-0.15, -0.1) is 0 Å². The van der Waals surface area contributed by atoms with Gasteiger partial charge in [0, 0.05) is 34.5 Å². The predicted molar refractivity (Wildman–Crippen MR) is 137 cm³/mol. The van der Waals surface area contributed by atoms with Crippen molar-refractivity contribution >= 4 is 45.7 Å². The Labute approximate surface area is 207 Å². The lowest BCUT2D eigenvalue weighted by Gasteiger charge is -2.15. The minimum absolute atomic E-state index is 0.284. The number of carbonyl (C=O) groups is 1. The summed E-state index contributed by atoms with van der Waals surface area (Å²) in [5, 5.41) is 4.35. The minimum atomic E-state index is -0.284. The van der Waals surface area contributed by atoms with Gasteiger partial charge < -0.3 is 14.8 Å². The van der Waals surface area contributed by atoms with Crippen molar-refractivity contribution in [2.24, 2.45) is 0 Å². The van der Waals surface area contributed by atoms with E-state index in [0.717, 1.165) is 27.6 Å². The third-order valence-corrected chi connectivity index (χ3v) is 6.12. The van der Waals surface area contributed by atoms with Crippen molar-refractivity contribution < 1.29 is 14.3 Å². The topological polar surface area (TPSA) is 73.3 Å². The Hall–Kier alpha value is -3.61. The molecule has 1 aromatic heterocycles. The minimum Gasteiger partial charge on any atom is -0.495 e. The van der Waals surface area contributed by atoms with Crippen LogP contribution >= 0.6 is 23.2 Å². The molecule has 0 atom stereocenters. The molecule has 6 nitrogen and oxygen atoms in total. The van der Waals surface area contributed by atoms with Gasteiger partial charge in [0.15, 0.2) is 5.82 Å². The number of halogens is 2. The maximum absolute atomic E-state index is 11.7. The highest BCUT2D eigenvalue weighted by atomic mass is 35.5. The van der Waals surface area contributed by atoms with Crippen LogP contribution in [0.25, 0.3) is 33.4 Å². The Balaban J connectivity index is 1.79. The molecule has 0 fully saturated rings. The SMILES string of the molecule is C=CC(=O)Nc1ccc(C)c(-c2ncc3cc(-c4c(Cl)c(OC)cc(OC)c4Cl)ccc3n2)c1. The second-order valence-corrected chi connectivity index (χ2v) is 8.23. The van der Waals surface area contributed by atoms with E-state index in [1.165, 1.54) is 20.3 Å². The highest BCUT2D eigenvalue weighted by molar-refractivity contribution is 6.41. The van der Waals surface area contributed by atoms with E-state index in [0.29, 0.717) is 38.6 Å². The maximum Gasteiger partial charge on any atom is 0.247 e. The molecule has 4 aromatic rings. The van der Waals surface area contributed by atoms with Gasteiger partial charge in [0.1, 0.15) is 11.5 Å². The summed E-state index contributed by atoms with van der Waals surface area (Å²) >= 11 is 13.2. The van der Waals surface area contributed by atoms with Crippen molar-refractivity contribution in [1.29, 1.82) is 0 Å². The van der Waals surface area contributed by atoms with E-state index in [2.05, 4.69) is 16.9 Å². The normalized spacial score (nSPS) is 10.7. The molecule has 0 saturated carbocycles. The van der Waals surface area contributed by atoms with Gasteiger partial charge in [-0.3, -0.25) is 4.79 Å². The number of ether oxygens (including phenoxy) is 2. The molecule has 3 aromatic carbocycles.